The van der Waals surface area contributed by atoms with E-state index in [-0.39, 0.29) is 6.10 Å². The number of rotatable bonds is 6. The maximum absolute atomic E-state index is 9.27. The second-order valence-electron chi connectivity index (χ2n) is 3.84. The smallest absolute Gasteiger partial charge is 0.0549 e. The number of aliphatic hydroxyl groups excluding tert-OH is 1. The summed E-state index contributed by atoms with van der Waals surface area (Å²) in [5, 5.41) is 12.7. The van der Waals surface area contributed by atoms with Gasteiger partial charge in [0, 0.05) is 6.04 Å². The maximum atomic E-state index is 9.27. The Morgan fingerprint density at radius 2 is 1.83 bits per heavy atom. The molecule has 0 aromatic carbocycles. The maximum Gasteiger partial charge on any atom is 0.0549 e. The first kappa shape index (κ1) is 11.9. The second-order valence-corrected chi connectivity index (χ2v) is 3.84. The Morgan fingerprint density at radius 1 is 1.25 bits per heavy atom. The van der Waals surface area contributed by atoms with Crippen molar-refractivity contribution in [1.29, 1.82) is 0 Å². The van der Waals surface area contributed by atoms with Crippen molar-refractivity contribution in [2.24, 2.45) is 5.92 Å². The third-order valence-electron chi connectivity index (χ3n) is 2.42. The van der Waals surface area contributed by atoms with E-state index in [9.17, 15) is 5.11 Å². The van der Waals surface area contributed by atoms with Gasteiger partial charge < -0.3 is 10.4 Å². The van der Waals surface area contributed by atoms with E-state index in [1.165, 1.54) is 0 Å². The lowest BCUT2D eigenvalue weighted by atomic mass is 10.1. The van der Waals surface area contributed by atoms with E-state index in [0.717, 1.165) is 19.4 Å². The van der Waals surface area contributed by atoms with E-state index >= 15 is 0 Å². The lowest BCUT2D eigenvalue weighted by Gasteiger charge is -2.18. The van der Waals surface area contributed by atoms with Gasteiger partial charge in [-0.1, -0.05) is 20.8 Å². The molecule has 2 nitrogen and oxygen atoms in total. The highest BCUT2D eigenvalue weighted by molar-refractivity contribution is 4.65. The van der Waals surface area contributed by atoms with Gasteiger partial charge in [-0.05, 0) is 32.2 Å². The first-order valence-electron chi connectivity index (χ1n) is 4.99. The summed E-state index contributed by atoms with van der Waals surface area (Å²) >= 11 is 0. The normalized spacial score (nSPS) is 16.5. The second kappa shape index (κ2) is 6.44. The topological polar surface area (TPSA) is 32.3 Å². The van der Waals surface area contributed by atoms with Crippen molar-refractivity contribution in [3.05, 3.63) is 0 Å². The number of nitrogens with one attached hydrogen (secondary N) is 1. The van der Waals surface area contributed by atoms with Crippen molar-refractivity contribution in [3.8, 4) is 0 Å². The Kier molecular flexibility index (Phi) is 6.39. The molecule has 0 fully saturated rings. The van der Waals surface area contributed by atoms with Gasteiger partial charge in [0.1, 0.15) is 0 Å². The van der Waals surface area contributed by atoms with Crippen molar-refractivity contribution in [1.82, 2.24) is 5.32 Å². The van der Waals surface area contributed by atoms with Crippen LogP contribution in [0.5, 0.6) is 0 Å². The fourth-order valence-electron chi connectivity index (χ4n) is 0.917. The first-order valence-corrected chi connectivity index (χ1v) is 4.99. The molecular formula is C10H23NO. The molecule has 0 aliphatic carbocycles. The van der Waals surface area contributed by atoms with Gasteiger partial charge in [-0.25, -0.2) is 0 Å². The van der Waals surface area contributed by atoms with E-state index in [2.05, 4.69) is 26.1 Å². The zero-order chi connectivity index (χ0) is 9.56. The van der Waals surface area contributed by atoms with Gasteiger partial charge in [-0.2, -0.15) is 0 Å². The van der Waals surface area contributed by atoms with Crippen molar-refractivity contribution >= 4 is 0 Å². The molecule has 74 valence electrons. The van der Waals surface area contributed by atoms with Crippen LogP contribution >= 0.6 is 0 Å². The van der Waals surface area contributed by atoms with E-state index in [4.69, 9.17) is 0 Å². The zero-order valence-electron chi connectivity index (χ0n) is 8.80. The molecule has 0 aromatic heterocycles. The SMILES string of the molecule is CCC(O)CCNC(C)C(C)C. The van der Waals surface area contributed by atoms with E-state index in [0.29, 0.717) is 12.0 Å². The van der Waals surface area contributed by atoms with Crippen molar-refractivity contribution in [2.45, 2.75) is 52.7 Å². The van der Waals surface area contributed by atoms with Crippen LogP contribution in [-0.4, -0.2) is 23.8 Å². The monoisotopic (exact) mass is 173 g/mol. The molecule has 12 heavy (non-hydrogen) atoms. The molecule has 0 heterocycles. The van der Waals surface area contributed by atoms with E-state index in [1.807, 2.05) is 6.92 Å². The molecule has 2 unspecified atom stereocenters. The van der Waals surface area contributed by atoms with Crippen LogP contribution in [0.2, 0.25) is 0 Å². The summed E-state index contributed by atoms with van der Waals surface area (Å²) in [6, 6.07) is 0.550. The Labute approximate surface area is 76.4 Å². The van der Waals surface area contributed by atoms with Crippen molar-refractivity contribution < 1.29 is 5.11 Å². The molecule has 0 aromatic rings. The van der Waals surface area contributed by atoms with Gasteiger partial charge in [-0.3, -0.25) is 0 Å². The summed E-state index contributed by atoms with van der Waals surface area (Å²) in [4.78, 5) is 0. The molecule has 0 radical (unpaired) electrons. The van der Waals surface area contributed by atoms with Crippen LogP contribution in [-0.2, 0) is 0 Å². The molecule has 0 rings (SSSR count). The number of hydrogen-bond donors (Lipinski definition) is 2. The van der Waals surface area contributed by atoms with Crippen LogP contribution in [0.15, 0.2) is 0 Å². The van der Waals surface area contributed by atoms with Crippen LogP contribution in [0.3, 0.4) is 0 Å². The van der Waals surface area contributed by atoms with Gasteiger partial charge in [0.2, 0.25) is 0 Å². The lowest BCUT2D eigenvalue weighted by Crippen LogP contribution is -2.32. The Morgan fingerprint density at radius 3 is 2.25 bits per heavy atom. The van der Waals surface area contributed by atoms with Crippen molar-refractivity contribution in [3.63, 3.8) is 0 Å². The predicted octanol–water partition coefficient (Wildman–Crippen LogP) is 1.78. The highest BCUT2D eigenvalue weighted by Crippen LogP contribution is 2.01. The molecule has 0 amide bonds. The highest BCUT2D eigenvalue weighted by atomic mass is 16.3. The average Bonchev–Trinajstić information content (AvgIpc) is 2.03. The molecule has 0 saturated heterocycles. The van der Waals surface area contributed by atoms with Crippen LogP contribution in [0, 0.1) is 5.92 Å². The Balaban J connectivity index is 3.30. The Hall–Kier alpha value is -0.0800. The van der Waals surface area contributed by atoms with E-state index in [1.54, 1.807) is 0 Å². The number of hydrogen-bond acceptors (Lipinski definition) is 2. The van der Waals surface area contributed by atoms with Crippen LogP contribution < -0.4 is 5.32 Å². The third-order valence-corrected chi connectivity index (χ3v) is 2.42. The standard InChI is InChI=1S/C10H23NO/c1-5-10(12)6-7-11-9(4)8(2)3/h8-12H,5-7H2,1-4H3. The van der Waals surface area contributed by atoms with Crippen molar-refractivity contribution in [2.75, 3.05) is 6.54 Å². The minimum absolute atomic E-state index is 0.128. The highest BCUT2D eigenvalue weighted by Gasteiger charge is 2.06. The van der Waals surface area contributed by atoms with Gasteiger partial charge in [0.25, 0.3) is 0 Å². The summed E-state index contributed by atoms with van der Waals surface area (Å²) in [7, 11) is 0. The van der Waals surface area contributed by atoms with Crippen LogP contribution in [0.4, 0.5) is 0 Å². The number of aliphatic hydroxyl groups is 1. The molecule has 2 N–H and O–H groups in total. The molecule has 0 aliphatic heterocycles. The molecular weight excluding hydrogens is 150 g/mol. The first-order chi connectivity index (χ1) is 5.57. The lowest BCUT2D eigenvalue weighted by molar-refractivity contribution is 0.158. The third kappa shape index (κ3) is 5.56. The van der Waals surface area contributed by atoms with Gasteiger partial charge in [0.05, 0.1) is 6.10 Å². The van der Waals surface area contributed by atoms with E-state index < -0.39 is 0 Å². The summed E-state index contributed by atoms with van der Waals surface area (Å²) in [5.74, 6) is 0.670. The molecule has 0 saturated carbocycles. The molecule has 2 atom stereocenters. The average molecular weight is 173 g/mol. The minimum atomic E-state index is -0.128. The molecule has 2 heteroatoms. The molecule has 0 aliphatic rings. The van der Waals surface area contributed by atoms with Gasteiger partial charge >= 0.3 is 0 Å². The fourth-order valence-corrected chi connectivity index (χ4v) is 0.917. The van der Waals surface area contributed by atoms with Crippen LogP contribution in [0.1, 0.15) is 40.5 Å². The molecule has 0 bridgehead atoms. The zero-order valence-corrected chi connectivity index (χ0v) is 8.80. The fraction of sp³-hybridized carbons (Fsp3) is 1.00. The summed E-state index contributed by atoms with van der Waals surface area (Å²) in [5.41, 5.74) is 0. The predicted molar refractivity (Wildman–Crippen MR) is 53.2 cm³/mol. The summed E-state index contributed by atoms with van der Waals surface area (Å²) in [6.45, 7) is 9.52. The minimum Gasteiger partial charge on any atom is -0.393 e. The van der Waals surface area contributed by atoms with Crippen LogP contribution in [0.25, 0.3) is 0 Å². The molecule has 0 spiro atoms. The Bertz CT molecular complexity index is 104. The quantitative estimate of drug-likeness (QED) is 0.641. The largest absolute Gasteiger partial charge is 0.393 e. The summed E-state index contributed by atoms with van der Waals surface area (Å²) in [6.07, 6.45) is 1.60. The van der Waals surface area contributed by atoms with Gasteiger partial charge in [0.15, 0.2) is 0 Å². The van der Waals surface area contributed by atoms with Gasteiger partial charge in [-0.15, -0.1) is 0 Å². The summed E-state index contributed by atoms with van der Waals surface area (Å²) < 4.78 is 0.